The molecule has 0 bridgehead atoms. The molecule has 0 radical (unpaired) electrons. The van der Waals surface area contributed by atoms with Crippen molar-refractivity contribution in [2.24, 2.45) is 11.7 Å². The highest BCUT2D eigenvalue weighted by molar-refractivity contribution is 5.76. The Balaban J connectivity index is 1.72. The van der Waals surface area contributed by atoms with E-state index in [1.807, 2.05) is 6.92 Å². The second-order valence-corrected chi connectivity index (χ2v) is 5.47. The zero-order valence-electron chi connectivity index (χ0n) is 10.7. The number of amides is 1. The normalized spacial score (nSPS) is 34.8. The Morgan fingerprint density at radius 2 is 2.24 bits per heavy atom. The smallest absolute Gasteiger partial charge is 0.220 e. The highest BCUT2D eigenvalue weighted by Gasteiger charge is 2.28. The fourth-order valence-electron chi connectivity index (χ4n) is 2.96. The molecule has 1 saturated carbocycles. The second kappa shape index (κ2) is 5.83. The fraction of sp³-hybridized carbons (Fsp3) is 0.923. The van der Waals surface area contributed by atoms with Gasteiger partial charge in [-0.15, -0.1) is 0 Å². The third-order valence-corrected chi connectivity index (χ3v) is 4.08. The molecule has 2 unspecified atom stereocenters. The van der Waals surface area contributed by atoms with E-state index in [2.05, 4.69) is 5.32 Å². The molecule has 0 aromatic carbocycles. The molecule has 2 rings (SSSR count). The number of hydrogen-bond acceptors (Lipinski definition) is 3. The van der Waals surface area contributed by atoms with Gasteiger partial charge in [-0.1, -0.05) is 6.42 Å². The van der Waals surface area contributed by atoms with E-state index in [4.69, 9.17) is 10.5 Å². The van der Waals surface area contributed by atoms with Gasteiger partial charge in [-0.2, -0.15) is 0 Å². The minimum atomic E-state index is 0.127. The van der Waals surface area contributed by atoms with E-state index in [0.29, 0.717) is 12.3 Å². The molecule has 1 aliphatic carbocycles. The van der Waals surface area contributed by atoms with Crippen molar-refractivity contribution < 1.29 is 9.53 Å². The first kappa shape index (κ1) is 12.8. The molecule has 2 fully saturated rings. The van der Waals surface area contributed by atoms with E-state index in [9.17, 15) is 4.79 Å². The van der Waals surface area contributed by atoms with Gasteiger partial charge in [0.05, 0.1) is 12.1 Å². The van der Waals surface area contributed by atoms with Crippen molar-refractivity contribution in [2.75, 3.05) is 6.61 Å². The lowest BCUT2D eigenvalue weighted by Crippen LogP contribution is -2.42. The van der Waals surface area contributed by atoms with Gasteiger partial charge in [0.1, 0.15) is 0 Å². The Morgan fingerprint density at radius 1 is 1.41 bits per heavy atom. The molecule has 0 aromatic rings. The van der Waals surface area contributed by atoms with Crippen LogP contribution in [0.15, 0.2) is 0 Å². The average Bonchev–Trinajstić information content (AvgIpc) is 2.90. The minimum Gasteiger partial charge on any atom is -0.376 e. The lowest BCUT2D eigenvalue weighted by Gasteiger charge is -2.22. The molecule has 0 spiro atoms. The van der Waals surface area contributed by atoms with E-state index >= 15 is 0 Å². The molecular weight excluding hydrogens is 216 g/mol. The molecule has 4 atom stereocenters. The lowest BCUT2D eigenvalue weighted by molar-refractivity contribution is -0.123. The second-order valence-electron chi connectivity index (χ2n) is 5.47. The molecule has 0 aromatic heterocycles. The summed E-state index contributed by atoms with van der Waals surface area (Å²) >= 11 is 0. The summed E-state index contributed by atoms with van der Waals surface area (Å²) < 4.78 is 5.57. The number of rotatable bonds is 4. The van der Waals surface area contributed by atoms with Crippen LogP contribution in [0.1, 0.15) is 45.4 Å². The van der Waals surface area contributed by atoms with Crippen LogP contribution in [0.3, 0.4) is 0 Å². The maximum Gasteiger partial charge on any atom is 0.220 e. The number of carbonyl (C=O) groups is 1. The molecule has 1 saturated heterocycles. The lowest BCUT2D eigenvalue weighted by atomic mass is 9.99. The van der Waals surface area contributed by atoms with Gasteiger partial charge in [-0.3, -0.25) is 4.79 Å². The van der Waals surface area contributed by atoms with Crippen molar-refractivity contribution >= 4 is 5.91 Å². The van der Waals surface area contributed by atoms with Crippen LogP contribution in [0, 0.1) is 5.92 Å². The number of carbonyl (C=O) groups excluding carboxylic acids is 1. The van der Waals surface area contributed by atoms with E-state index in [1.165, 1.54) is 6.42 Å². The quantitative estimate of drug-likeness (QED) is 0.775. The van der Waals surface area contributed by atoms with Gasteiger partial charge in [-0.05, 0) is 38.5 Å². The Bertz CT molecular complexity index is 264. The van der Waals surface area contributed by atoms with Gasteiger partial charge in [0.25, 0.3) is 0 Å². The predicted molar refractivity (Wildman–Crippen MR) is 66.5 cm³/mol. The van der Waals surface area contributed by atoms with Gasteiger partial charge in [0, 0.05) is 19.1 Å². The van der Waals surface area contributed by atoms with Gasteiger partial charge in [0.2, 0.25) is 5.91 Å². The Kier molecular flexibility index (Phi) is 4.40. The van der Waals surface area contributed by atoms with Crippen LogP contribution in [0.4, 0.5) is 0 Å². The third kappa shape index (κ3) is 3.42. The summed E-state index contributed by atoms with van der Waals surface area (Å²) in [6.45, 7) is 2.86. The van der Waals surface area contributed by atoms with Gasteiger partial charge < -0.3 is 15.8 Å². The molecular formula is C13H24N2O2. The summed E-state index contributed by atoms with van der Waals surface area (Å²) in [5.41, 5.74) is 5.98. The van der Waals surface area contributed by atoms with Crippen LogP contribution in [0.5, 0.6) is 0 Å². The summed E-state index contributed by atoms with van der Waals surface area (Å²) in [5.74, 6) is 0.516. The number of nitrogens with one attached hydrogen (secondary N) is 1. The van der Waals surface area contributed by atoms with Crippen molar-refractivity contribution in [1.82, 2.24) is 5.32 Å². The standard InChI is InChI=1S/C13H24N2O2/c1-9(12-6-3-7-17-12)15-13(16)8-10-4-2-5-11(10)14/h9-12H,2-8,14H2,1H3,(H,15,16)/t9?,10-,11+,12?/m0/s1. The number of hydrogen-bond donors (Lipinski definition) is 2. The molecule has 98 valence electrons. The van der Waals surface area contributed by atoms with Crippen LogP contribution in [-0.4, -0.2) is 30.7 Å². The molecule has 17 heavy (non-hydrogen) atoms. The molecule has 4 heteroatoms. The van der Waals surface area contributed by atoms with Crippen molar-refractivity contribution in [1.29, 1.82) is 0 Å². The molecule has 4 nitrogen and oxygen atoms in total. The van der Waals surface area contributed by atoms with E-state index in [-0.39, 0.29) is 24.1 Å². The monoisotopic (exact) mass is 240 g/mol. The van der Waals surface area contributed by atoms with Crippen molar-refractivity contribution in [2.45, 2.75) is 63.6 Å². The van der Waals surface area contributed by atoms with Crippen molar-refractivity contribution in [3.63, 3.8) is 0 Å². The molecule has 2 aliphatic rings. The first-order valence-electron chi connectivity index (χ1n) is 6.83. The van der Waals surface area contributed by atoms with Crippen LogP contribution < -0.4 is 11.1 Å². The maximum absolute atomic E-state index is 11.9. The van der Waals surface area contributed by atoms with Crippen LogP contribution in [-0.2, 0) is 9.53 Å². The fourth-order valence-corrected chi connectivity index (χ4v) is 2.96. The first-order chi connectivity index (χ1) is 8.16. The summed E-state index contributed by atoms with van der Waals surface area (Å²) in [7, 11) is 0. The third-order valence-electron chi connectivity index (χ3n) is 4.08. The SMILES string of the molecule is CC(NC(=O)C[C@@H]1CCC[C@H]1N)C1CCCO1. The zero-order chi connectivity index (χ0) is 12.3. The maximum atomic E-state index is 11.9. The van der Waals surface area contributed by atoms with E-state index < -0.39 is 0 Å². The minimum absolute atomic E-state index is 0.127. The van der Waals surface area contributed by atoms with Gasteiger partial charge >= 0.3 is 0 Å². The zero-order valence-corrected chi connectivity index (χ0v) is 10.7. The topological polar surface area (TPSA) is 64.4 Å². The summed E-state index contributed by atoms with van der Waals surface area (Å²) in [6, 6.07) is 0.349. The van der Waals surface area contributed by atoms with Crippen molar-refractivity contribution in [3.8, 4) is 0 Å². The summed E-state index contributed by atoms with van der Waals surface area (Å²) in [6.07, 6.45) is 6.29. The molecule has 1 amide bonds. The largest absolute Gasteiger partial charge is 0.376 e. The molecule has 3 N–H and O–H groups in total. The Labute approximate surface area is 103 Å². The highest BCUT2D eigenvalue weighted by atomic mass is 16.5. The highest BCUT2D eigenvalue weighted by Crippen LogP contribution is 2.26. The van der Waals surface area contributed by atoms with Crippen molar-refractivity contribution in [3.05, 3.63) is 0 Å². The van der Waals surface area contributed by atoms with Crippen LogP contribution >= 0.6 is 0 Å². The summed E-state index contributed by atoms with van der Waals surface area (Å²) in [4.78, 5) is 11.9. The molecule has 1 heterocycles. The Hall–Kier alpha value is -0.610. The average molecular weight is 240 g/mol. The molecule has 1 aliphatic heterocycles. The summed E-state index contributed by atoms with van der Waals surface area (Å²) in [5, 5.41) is 3.05. The van der Waals surface area contributed by atoms with Gasteiger partial charge in [-0.25, -0.2) is 0 Å². The van der Waals surface area contributed by atoms with Crippen LogP contribution in [0.2, 0.25) is 0 Å². The first-order valence-corrected chi connectivity index (χ1v) is 6.83. The van der Waals surface area contributed by atoms with Crippen LogP contribution in [0.25, 0.3) is 0 Å². The van der Waals surface area contributed by atoms with E-state index in [0.717, 1.165) is 32.3 Å². The Morgan fingerprint density at radius 3 is 2.82 bits per heavy atom. The predicted octanol–water partition coefficient (Wildman–Crippen LogP) is 1.19. The van der Waals surface area contributed by atoms with Gasteiger partial charge in [0.15, 0.2) is 0 Å². The van der Waals surface area contributed by atoms with E-state index in [1.54, 1.807) is 0 Å². The number of nitrogens with two attached hydrogens (primary N) is 1. The number of ether oxygens (including phenoxy) is 1.